The Bertz CT molecular complexity index is 1210. The van der Waals surface area contributed by atoms with Gasteiger partial charge in [0, 0.05) is 42.2 Å². The molecular weight excluding hydrogens is 416 g/mol. The van der Waals surface area contributed by atoms with Gasteiger partial charge in [-0.1, -0.05) is 31.0 Å². The molecule has 7 heteroatoms. The van der Waals surface area contributed by atoms with Crippen LogP contribution >= 0.6 is 0 Å². The van der Waals surface area contributed by atoms with E-state index in [0.29, 0.717) is 6.54 Å². The van der Waals surface area contributed by atoms with Gasteiger partial charge in [0.15, 0.2) is 5.78 Å². The number of fused-ring (bicyclic) bond motifs is 3. The lowest BCUT2D eigenvalue weighted by Crippen LogP contribution is -2.43. The highest BCUT2D eigenvalue weighted by atomic mass is 16.5. The summed E-state index contributed by atoms with van der Waals surface area (Å²) in [7, 11) is 2.05. The van der Waals surface area contributed by atoms with Crippen LogP contribution in [0.15, 0.2) is 36.7 Å². The number of carbonyl (C=O) groups excluding carboxylic acids is 2. The first-order valence-electron chi connectivity index (χ1n) is 12.0. The number of hydrogen-bond acceptors (Lipinski definition) is 4. The van der Waals surface area contributed by atoms with Gasteiger partial charge in [0.05, 0.1) is 11.8 Å². The Morgan fingerprint density at radius 1 is 1.21 bits per heavy atom. The van der Waals surface area contributed by atoms with Crippen molar-refractivity contribution in [3.8, 4) is 0 Å². The van der Waals surface area contributed by atoms with Crippen molar-refractivity contribution in [2.45, 2.75) is 64.8 Å². The maximum Gasteiger partial charge on any atom is 0.313 e. The smallest absolute Gasteiger partial charge is 0.313 e. The summed E-state index contributed by atoms with van der Waals surface area (Å²) < 4.78 is 11.8. The average molecular weight is 450 g/mol. The number of hydrogen-bond donors (Lipinski definition) is 1. The summed E-state index contributed by atoms with van der Waals surface area (Å²) in [5.41, 5.74) is 9.27. The van der Waals surface area contributed by atoms with E-state index in [1.165, 1.54) is 0 Å². The number of benzene rings is 1. The summed E-state index contributed by atoms with van der Waals surface area (Å²) in [4.78, 5) is 26.0. The van der Waals surface area contributed by atoms with Gasteiger partial charge in [0.2, 0.25) is 6.73 Å². The zero-order chi connectivity index (χ0) is 23.1. The Labute approximate surface area is 194 Å². The van der Waals surface area contributed by atoms with Crippen LogP contribution in [0.5, 0.6) is 0 Å². The average Bonchev–Trinajstić information content (AvgIpc) is 3.32. The second-order valence-corrected chi connectivity index (χ2v) is 9.61. The summed E-state index contributed by atoms with van der Waals surface area (Å²) in [6.45, 7) is 2.80. The molecule has 3 aromatic rings. The molecule has 1 saturated carbocycles. The van der Waals surface area contributed by atoms with Crippen LogP contribution in [0.2, 0.25) is 0 Å². The van der Waals surface area contributed by atoms with E-state index in [0.717, 1.165) is 66.5 Å². The Kier molecular flexibility index (Phi) is 5.83. The fraction of sp³-hybridized carbons (Fsp3) is 0.500. The molecule has 1 aromatic carbocycles. The standard InChI is InChI=1S/C26H33N4O3/c1-17-29(13-14-30(17)16-33-26(32)19-7-3-5-9-21(19)27)15-18-11-12-23-24(25(18)31)20-8-4-6-10-22(20)28(23)2/h4,6,8,10,13-14,18-19,21H,3,5,7,9,11-12,15-16,27H2,1-2H3/q+1/t18?,19-,21-/m1/s1. The van der Waals surface area contributed by atoms with E-state index in [9.17, 15) is 9.59 Å². The summed E-state index contributed by atoms with van der Waals surface area (Å²) in [6, 6.07) is 8.05. The van der Waals surface area contributed by atoms with Gasteiger partial charge in [0.25, 0.3) is 5.82 Å². The molecule has 174 valence electrons. The maximum atomic E-state index is 13.5. The first kappa shape index (κ1) is 21.9. The minimum absolute atomic E-state index is 0.0642. The van der Waals surface area contributed by atoms with Gasteiger partial charge in [-0.25, -0.2) is 4.57 Å². The molecule has 0 amide bonds. The van der Waals surface area contributed by atoms with Crippen LogP contribution in [0.25, 0.3) is 10.9 Å². The van der Waals surface area contributed by atoms with Gasteiger partial charge < -0.3 is 15.0 Å². The first-order valence-corrected chi connectivity index (χ1v) is 12.0. The number of aromatic nitrogens is 3. The SMILES string of the molecule is Cc1n(CC2CCc3c(c4ccccc4n3C)C2=O)cc[n+]1COC(=O)[C@@H]1CCCC[C@H]1N. The van der Waals surface area contributed by atoms with Crippen LogP contribution in [0.3, 0.4) is 0 Å². The van der Waals surface area contributed by atoms with Crippen molar-refractivity contribution in [3.05, 3.63) is 53.7 Å². The van der Waals surface area contributed by atoms with Crippen molar-refractivity contribution in [2.75, 3.05) is 0 Å². The van der Waals surface area contributed by atoms with E-state index in [1.807, 2.05) is 36.0 Å². The molecule has 5 rings (SSSR count). The second-order valence-electron chi connectivity index (χ2n) is 9.61. The van der Waals surface area contributed by atoms with E-state index in [-0.39, 0.29) is 36.4 Å². The number of ether oxygens (including phenoxy) is 1. The van der Waals surface area contributed by atoms with Gasteiger partial charge in [-0.2, -0.15) is 4.57 Å². The van der Waals surface area contributed by atoms with Crippen molar-refractivity contribution in [1.29, 1.82) is 0 Å². The maximum absolute atomic E-state index is 13.5. The highest BCUT2D eigenvalue weighted by molar-refractivity contribution is 6.11. The number of Topliss-reactive ketones (excluding diaryl/α,β-unsaturated/α-hetero) is 1. The predicted molar refractivity (Wildman–Crippen MR) is 124 cm³/mol. The molecule has 1 unspecified atom stereocenters. The number of imidazole rings is 1. The summed E-state index contributed by atoms with van der Waals surface area (Å²) in [5, 5.41) is 1.05. The molecule has 2 N–H and O–H groups in total. The normalized spacial score (nSPS) is 23.0. The molecule has 0 spiro atoms. The third-order valence-corrected chi connectivity index (χ3v) is 7.72. The largest absolute Gasteiger partial charge is 0.424 e. The molecule has 3 atom stereocenters. The van der Waals surface area contributed by atoms with Crippen LogP contribution in [0.4, 0.5) is 0 Å². The lowest BCUT2D eigenvalue weighted by atomic mass is 9.85. The van der Waals surface area contributed by atoms with E-state index in [1.54, 1.807) is 0 Å². The number of para-hydroxylation sites is 1. The molecule has 2 aliphatic rings. The molecule has 2 aliphatic carbocycles. The van der Waals surface area contributed by atoms with Gasteiger partial charge >= 0.3 is 5.97 Å². The molecule has 0 radical (unpaired) electrons. The van der Waals surface area contributed by atoms with Crippen LogP contribution in [0, 0.1) is 18.8 Å². The van der Waals surface area contributed by atoms with Crippen LogP contribution in [-0.4, -0.2) is 26.9 Å². The van der Waals surface area contributed by atoms with E-state index in [2.05, 4.69) is 28.3 Å². The molecule has 0 saturated heterocycles. The molecule has 1 fully saturated rings. The van der Waals surface area contributed by atoms with Gasteiger partial charge in [-0.3, -0.25) is 9.59 Å². The third kappa shape index (κ3) is 3.88. The number of rotatable bonds is 5. The molecule has 33 heavy (non-hydrogen) atoms. The molecule has 0 aliphatic heterocycles. The van der Waals surface area contributed by atoms with Crippen molar-refractivity contribution in [3.63, 3.8) is 0 Å². The molecule has 7 nitrogen and oxygen atoms in total. The molecule has 2 aromatic heterocycles. The lowest BCUT2D eigenvalue weighted by Gasteiger charge is -2.26. The van der Waals surface area contributed by atoms with E-state index in [4.69, 9.17) is 10.5 Å². The zero-order valence-corrected chi connectivity index (χ0v) is 19.5. The quantitative estimate of drug-likeness (QED) is 0.479. The third-order valence-electron chi connectivity index (χ3n) is 7.72. The highest BCUT2D eigenvalue weighted by Gasteiger charge is 2.34. The molecule has 0 bridgehead atoms. The van der Waals surface area contributed by atoms with Crippen LogP contribution in [0.1, 0.15) is 54.0 Å². The monoisotopic (exact) mass is 449 g/mol. The fourth-order valence-electron chi connectivity index (χ4n) is 5.64. The summed E-state index contributed by atoms with van der Waals surface area (Å²) in [6.07, 6.45) is 9.44. The van der Waals surface area contributed by atoms with E-state index >= 15 is 0 Å². The molecular formula is C26H33N4O3+. The Morgan fingerprint density at radius 2 is 2.00 bits per heavy atom. The van der Waals surface area contributed by atoms with E-state index < -0.39 is 0 Å². The Morgan fingerprint density at radius 3 is 2.82 bits per heavy atom. The van der Waals surface area contributed by atoms with Crippen molar-refractivity contribution in [2.24, 2.45) is 24.6 Å². The van der Waals surface area contributed by atoms with Crippen LogP contribution < -0.4 is 10.3 Å². The van der Waals surface area contributed by atoms with Crippen LogP contribution in [-0.2, 0) is 36.3 Å². The summed E-state index contributed by atoms with van der Waals surface area (Å²) >= 11 is 0. The van der Waals surface area contributed by atoms with Gasteiger partial charge in [-0.15, -0.1) is 0 Å². The Hall–Kier alpha value is -2.93. The first-order chi connectivity index (χ1) is 16.0. The minimum Gasteiger partial charge on any atom is -0.424 e. The summed E-state index contributed by atoms with van der Waals surface area (Å²) in [5.74, 6) is 0.729. The number of carbonyl (C=O) groups is 2. The fourth-order valence-corrected chi connectivity index (χ4v) is 5.64. The van der Waals surface area contributed by atoms with Gasteiger partial charge in [-0.05, 0) is 31.7 Å². The second kappa shape index (κ2) is 8.78. The number of nitrogens with two attached hydrogens (primary N) is 1. The predicted octanol–water partition coefficient (Wildman–Crippen LogP) is 3.04. The molecule has 2 heterocycles. The Balaban J connectivity index is 1.28. The topological polar surface area (TPSA) is 83.1 Å². The number of ketones is 1. The van der Waals surface area contributed by atoms with Crippen molar-refractivity contribution >= 4 is 22.7 Å². The lowest BCUT2D eigenvalue weighted by molar-refractivity contribution is -0.732. The highest BCUT2D eigenvalue weighted by Crippen LogP contribution is 2.34. The number of esters is 1. The van der Waals surface area contributed by atoms with Gasteiger partial charge in [0.1, 0.15) is 18.9 Å². The zero-order valence-electron chi connectivity index (χ0n) is 19.5. The van der Waals surface area contributed by atoms with Crippen molar-refractivity contribution in [1.82, 2.24) is 9.13 Å². The minimum atomic E-state index is -0.201. The number of aryl methyl sites for hydroxylation is 1. The number of nitrogens with zero attached hydrogens (tertiary/aromatic N) is 3. The van der Waals surface area contributed by atoms with Crippen molar-refractivity contribution < 1.29 is 18.9 Å².